The van der Waals surface area contributed by atoms with E-state index < -0.39 is 0 Å². The zero-order chi connectivity index (χ0) is 12.5. The Balaban J connectivity index is 2.42. The second-order valence-electron chi connectivity index (χ2n) is 4.46. The van der Waals surface area contributed by atoms with E-state index in [0.717, 1.165) is 21.9 Å². The summed E-state index contributed by atoms with van der Waals surface area (Å²) in [6.45, 7) is 2.02. The number of hydrogen-bond donors (Lipinski definition) is 0. The molecule has 0 fully saturated rings. The molecule has 0 spiro atoms. The predicted molar refractivity (Wildman–Crippen MR) is 74.1 cm³/mol. The van der Waals surface area contributed by atoms with Crippen molar-refractivity contribution in [1.82, 2.24) is 0 Å². The summed E-state index contributed by atoms with van der Waals surface area (Å²) in [4.78, 5) is 0. The van der Waals surface area contributed by atoms with Crippen molar-refractivity contribution in [1.29, 1.82) is 0 Å². The molecule has 0 aromatic heterocycles. The van der Waals surface area contributed by atoms with E-state index in [1.165, 1.54) is 6.07 Å². The van der Waals surface area contributed by atoms with Crippen molar-refractivity contribution in [2.24, 2.45) is 0 Å². The van der Waals surface area contributed by atoms with E-state index in [-0.39, 0.29) is 5.82 Å². The van der Waals surface area contributed by atoms with Gasteiger partial charge >= 0.3 is 0 Å². The Morgan fingerprint density at radius 3 is 2.33 bits per heavy atom. The van der Waals surface area contributed by atoms with Gasteiger partial charge in [-0.1, -0.05) is 54.6 Å². The van der Waals surface area contributed by atoms with Gasteiger partial charge in [0.1, 0.15) is 5.82 Å². The molecule has 0 aliphatic rings. The molecule has 0 saturated heterocycles. The van der Waals surface area contributed by atoms with Crippen LogP contribution in [0, 0.1) is 12.7 Å². The van der Waals surface area contributed by atoms with Gasteiger partial charge in [0.15, 0.2) is 0 Å². The average Bonchev–Trinajstić information content (AvgIpc) is 2.40. The van der Waals surface area contributed by atoms with E-state index >= 15 is 0 Å². The summed E-state index contributed by atoms with van der Waals surface area (Å²) in [6, 6.07) is 19.2. The fourth-order valence-electron chi connectivity index (χ4n) is 2.40. The van der Waals surface area contributed by atoms with E-state index in [0.29, 0.717) is 5.56 Å². The molecule has 88 valence electrons. The van der Waals surface area contributed by atoms with Crippen molar-refractivity contribution in [3.05, 3.63) is 72.0 Å². The van der Waals surface area contributed by atoms with Crippen LogP contribution in [0.25, 0.3) is 21.9 Å². The number of fused-ring (bicyclic) bond motifs is 1. The van der Waals surface area contributed by atoms with Crippen molar-refractivity contribution in [3.63, 3.8) is 0 Å². The summed E-state index contributed by atoms with van der Waals surface area (Å²) in [5.74, 6) is -0.169. The lowest BCUT2D eigenvalue weighted by Gasteiger charge is -2.11. The highest BCUT2D eigenvalue weighted by molar-refractivity contribution is 5.98. The van der Waals surface area contributed by atoms with Crippen LogP contribution in [0.5, 0.6) is 0 Å². The molecule has 3 aromatic rings. The summed E-state index contributed by atoms with van der Waals surface area (Å²) in [5.41, 5.74) is 2.76. The molecule has 1 heteroatoms. The van der Waals surface area contributed by atoms with Crippen LogP contribution < -0.4 is 0 Å². The molecule has 0 radical (unpaired) electrons. The maximum atomic E-state index is 14.0. The van der Waals surface area contributed by atoms with Gasteiger partial charge in [-0.3, -0.25) is 0 Å². The Bertz CT molecular complexity index is 714. The van der Waals surface area contributed by atoms with Crippen LogP contribution in [0.15, 0.2) is 60.7 Å². The summed E-state index contributed by atoms with van der Waals surface area (Å²) in [5, 5.41) is 2.24. The standard InChI is InChI=1S/C17H13F/c1-12-10-11-13-6-2-3-7-14(13)17(12)15-8-4-5-9-16(15)18/h2-11H,1H3. The minimum atomic E-state index is -0.169. The molecule has 0 aliphatic carbocycles. The number of aryl methyl sites for hydroxylation is 1. The van der Waals surface area contributed by atoms with Gasteiger partial charge in [0.25, 0.3) is 0 Å². The van der Waals surface area contributed by atoms with Crippen molar-refractivity contribution in [2.45, 2.75) is 6.92 Å². The van der Waals surface area contributed by atoms with Gasteiger partial charge in [0, 0.05) is 5.56 Å². The minimum Gasteiger partial charge on any atom is -0.206 e. The largest absolute Gasteiger partial charge is 0.206 e. The lowest BCUT2D eigenvalue weighted by molar-refractivity contribution is 0.631. The fourth-order valence-corrected chi connectivity index (χ4v) is 2.40. The van der Waals surface area contributed by atoms with Gasteiger partial charge in [-0.25, -0.2) is 4.39 Å². The highest BCUT2D eigenvalue weighted by Crippen LogP contribution is 2.33. The zero-order valence-corrected chi connectivity index (χ0v) is 10.2. The van der Waals surface area contributed by atoms with Crippen molar-refractivity contribution >= 4 is 10.8 Å². The third-order valence-electron chi connectivity index (χ3n) is 3.28. The predicted octanol–water partition coefficient (Wildman–Crippen LogP) is 4.95. The fraction of sp³-hybridized carbons (Fsp3) is 0.0588. The van der Waals surface area contributed by atoms with Crippen LogP contribution >= 0.6 is 0 Å². The van der Waals surface area contributed by atoms with E-state index in [1.54, 1.807) is 6.07 Å². The molecule has 0 bridgehead atoms. The lowest BCUT2D eigenvalue weighted by Crippen LogP contribution is -1.89. The van der Waals surface area contributed by atoms with E-state index in [1.807, 2.05) is 43.3 Å². The van der Waals surface area contributed by atoms with E-state index in [4.69, 9.17) is 0 Å². The summed E-state index contributed by atoms with van der Waals surface area (Å²) >= 11 is 0. The topological polar surface area (TPSA) is 0 Å². The smallest absolute Gasteiger partial charge is 0.131 e. The third kappa shape index (κ3) is 1.68. The Morgan fingerprint density at radius 1 is 0.778 bits per heavy atom. The second-order valence-corrected chi connectivity index (χ2v) is 4.46. The highest BCUT2D eigenvalue weighted by Gasteiger charge is 2.10. The van der Waals surface area contributed by atoms with Gasteiger partial charge < -0.3 is 0 Å². The summed E-state index contributed by atoms with van der Waals surface area (Å²) in [7, 11) is 0. The number of hydrogen-bond acceptors (Lipinski definition) is 0. The van der Waals surface area contributed by atoms with Crippen LogP contribution in [-0.2, 0) is 0 Å². The zero-order valence-electron chi connectivity index (χ0n) is 10.2. The molecule has 18 heavy (non-hydrogen) atoms. The van der Waals surface area contributed by atoms with Crippen LogP contribution in [0.1, 0.15) is 5.56 Å². The summed E-state index contributed by atoms with van der Waals surface area (Å²) in [6.07, 6.45) is 0. The minimum absolute atomic E-state index is 0.169. The molecule has 0 N–H and O–H groups in total. The molecular formula is C17H13F. The first-order valence-corrected chi connectivity index (χ1v) is 6.00. The van der Waals surface area contributed by atoms with E-state index in [2.05, 4.69) is 12.1 Å². The monoisotopic (exact) mass is 236 g/mol. The first-order chi connectivity index (χ1) is 8.77. The molecule has 3 rings (SSSR count). The normalized spacial score (nSPS) is 10.8. The van der Waals surface area contributed by atoms with Crippen molar-refractivity contribution in [3.8, 4) is 11.1 Å². The van der Waals surface area contributed by atoms with Crippen molar-refractivity contribution < 1.29 is 4.39 Å². The molecule has 0 amide bonds. The van der Waals surface area contributed by atoms with Crippen LogP contribution in [0.3, 0.4) is 0 Å². The maximum Gasteiger partial charge on any atom is 0.131 e. The van der Waals surface area contributed by atoms with Gasteiger partial charge in [-0.05, 0) is 34.9 Å². The first kappa shape index (κ1) is 11.0. The summed E-state index contributed by atoms with van der Waals surface area (Å²) < 4.78 is 14.0. The third-order valence-corrected chi connectivity index (χ3v) is 3.28. The quantitative estimate of drug-likeness (QED) is 0.560. The molecule has 0 heterocycles. The average molecular weight is 236 g/mol. The Labute approximate surface area is 106 Å². The molecule has 0 atom stereocenters. The number of rotatable bonds is 1. The molecule has 3 aromatic carbocycles. The lowest BCUT2D eigenvalue weighted by atomic mass is 9.94. The van der Waals surface area contributed by atoms with Gasteiger partial charge in [-0.2, -0.15) is 0 Å². The van der Waals surface area contributed by atoms with Crippen molar-refractivity contribution in [2.75, 3.05) is 0 Å². The Morgan fingerprint density at radius 2 is 1.50 bits per heavy atom. The Hall–Kier alpha value is -2.15. The molecule has 0 unspecified atom stereocenters. The highest BCUT2D eigenvalue weighted by atomic mass is 19.1. The number of benzene rings is 3. The molecule has 0 nitrogen and oxygen atoms in total. The van der Waals surface area contributed by atoms with Crippen LogP contribution in [-0.4, -0.2) is 0 Å². The second kappa shape index (κ2) is 4.26. The van der Waals surface area contributed by atoms with Crippen LogP contribution in [0.4, 0.5) is 4.39 Å². The first-order valence-electron chi connectivity index (χ1n) is 6.00. The van der Waals surface area contributed by atoms with Gasteiger partial charge in [-0.15, -0.1) is 0 Å². The molecular weight excluding hydrogens is 223 g/mol. The van der Waals surface area contributed by atoms with E-state index in [9.17, 15) is 4.39 Å². The maximum absolute atomic E-state index is 14.0. The van der Waals surface area contributed by atoms with Gasteiger partial charge in [0.2, 0.25) is 0 Å². The Kier molecular flexibility index (Phi) is 2.60. The molecule has 0 saturated carbocycles. The number of halogens is 1. The SMILES string of the molecule is Cc1ccc2ccccc2c1-c1ccccc1F. The van der Waals surface area contributed by atoms with Crippen LogP contribution in [0.2, 0.25) is 0 Å². The van der Waals surface area contributed by atoms with Gasteiger partial charge in [0.05, 0.1) is 0 Å². The molecule has 0 aliphatic heterocycles.